The van der Waals surface area contributed by atoms with Gasteiger partial charge in [-0.3, -0.25) is 18.6 Å². The van der Waals surface area contributed by atoms with Crippen molar-refractivity contribution in [1.29, 1.82) is 0 Å². The van der Waals surface area contributed by atoms with E-state index in [0.29, 0.717) is 19.3 Å². The molecule has 0 heterocycles. The lowest BCUT2D eigenvalue weighted by molar-refractivity contribution is -0.220. The Hall–Kier alpha value is -2.75. The minimum Gasteiger partial charge on any atom is -0.462 e. The number of carbonyl (C=O) groups is 2. The number of hydrogen-bond acceptors (Lipinski definition) is 13. The van der Waals surface area contributed by atoms with Crippen molar-refractivity contribution in [2.75, 3.05) is 13.2 Å². The molecule has 1 aliphatic rings. The van der Waals surface area contributed by atoms with E-state index in [-0.39, 0.29) is 12.8 Å². The zero-order valence-corrected chi connectivity index (χ0v) is 38.1. The Morgan fingerprint density at radius 2 is 1.11 bits per heavy atom. The fraction of sp³-hybridized carbons (Fsp3) is 0.702. The second-order valence-electron chi connectivity index (χ2n) is 15.7. The van der Waals surface area contributed by atoms with Crippen LogP contribution in [0.15, 0.2) is 72.9 Å². The molecule has 0 amide bonds. The molecule has 0 aliphatic heterocycles. The van der Waals surface area contributed by atoms with E-state index < -0.39 is 81.8 Å². The van der Waals surface area contributed by atoms with Crippen molar-refractivity contribution in [2.45, 2.75) is 198 Å². The van der Waals surface area contributed by atoms with E-state index >= 15 is 0 Å². The van der Waals surface area contributed by atoms with Crippen LogP contribution in [-0.2, 0) is 32.7 Å². The van der Waals surface area contributed by atoms with Crippen LogP contribution in [0.2, 0.25) is 0 Å². The van der Waals surface area contributed by atoms with Gasteiger partial charge in [-0.15, -0.1) is 0 Å². The molecule has 1 saturated carbocycles. The average Bonchev–Trinajstić information content (AvgIpc) is 3.25. The van der Waals surface area contributed by atoms with Crippen molar-refractivity contribution < 1.29 is 68.2 Å². The molecule has 9 atom stereocenters. The van der Waals surface area contributed by atoms with Gasteiger partial charge in [-0.1, -0.05) is 132 Å². The van der Waals surface area contributed by atoms with Gasteiger partial charge >= 0.3 is 19.8 Å². The van der Waals surface area contributed by atoms with Gasteiger partial charge in [0.05, 0.1) is 12.7 Å². The summed E-state index contributed by atoms with van der Waals surface area (Å²) in [7, 11) is -5.15. The highest BCUT2D eigenvalue weighted by Gasteiger charge is 2.51. The van der Waals surface area contributed by atoms with Crippen LogP contribution in [0.5, 0.6) is 0 Å². The Balaban J connectivity index is 2.52. The van der Waals surface area contributed by atoms with E-state index in [1.807, 2.05) is 37.3 Å². The first kappa shape index (κ1) is 57.3. The van der Waals surface area contributed by atoms with Crippen LogP contribution in [0.25, 0.3) is 0 Å². The number of hydrogen-bond donors (Lipinski definition) is 7. The quantitative estimate of drug-likeness (QED) is 0.0105. The molecule has 15 heteroatoms. The van der Waals surface area contributed by atoms with Gasteiger partial charge in [-0.05, 0) is 77.0 Å². The van der Waals surface area contributed by atoms with E-state index in [4.69, 9.17) is 18.5 Å². The van der Waals surface area contributed by atoms with Gasteiger partial charge in [0.15, 0.2) is 6.10 Å². The third-order valence-electron chi connectivity index (χ3n) is 10.1. The second-order valence-corrected chi connectivity index (χ2v) is 17.1. The van der Waals surface area contributed by atoms with Crippen LogP contribution in [0.4, 0.5) is 0 Å². The van der Waals surface area contributed by atoms with Crippen LogP contribution in [-0.4, -0.2) is 110 Å². The molecular weight excluding hydrogens is 819 g/mol. The Labute approximate surface area is 370 Å². The molecule has 0 radical (unpaired) electrons. The summed E-state index contributed by atoms with van der Waals surface area (Å²) in [6.07, 6.45) is 28.5. The normalized spacial score (nSPS) is 23.0. The van der Waals surface area contributed by atoms with Gasteiger partial charge < -0.3 is 45.0 Å². The van der Waals surface area contributed by atoms with E-state index in [2.05, 4.69) is 43.4 Å². The summed E-state index contributed by atoms with van der Waals surface area (Å²) >= 11 is 0. The number of phosphoric ester groups is 1. The fourth-order valence-electron chi connectivity index (χ4n) is 6.39. The molecular formula is C47H79O14P. The Bertz CT molecular complexity index is 1380. The molecule has 7 N–H and O–H groups in total. The summed E-state index contributed by atoms with van der Waals surface area (Å²) in [5, 5.41) is 60.0. The summed E-state index contributed by atoms with van der Waals surface area (Å²) in [5.74, 6) is -1.19. The van der Waals surface area contributed by atoms with E-state index in [9.17, 15) is 49.7 Å². The minimum atomic E-state index is -5.15. The highest BCUT2D eigenvalue weighted by atomic mass is 31.2. The zero-order valence-electron chi connectivity index (χ0n) is 37.2. The Kier molecular flexibility index (Phi) is 33.8. The molecule has 0 bridgehead atoms. The molecule has 4 unspecified atom stereocenters. The summed E-state index contributed by atoms with van der Waals surface area (Å²) < 4.78 is 33.4. The lowest BCUT2D eigenvalue weighted by Crippen LogP contribution is -2.64. The molecule has 0 aromatic carbocycles. The number of allylic oxidation sites excluding steroid dienone is 10. The molecule has 14 nitrogen and oxygen atoms in total. The Morgan fingerprint density at radius 3 is 1.71 bits per heavy atom. The van der Waals surface area contributed by atoms with E-state index in [1.165, 1.54) is 19.3 Å². The van der Waals surface area contributed by atoms with Crippen LogP contribution >= 0.6 is 7.82 Å². The molecule has 1 rings (SSSR count). The van der Waals surface area contributed by atoms with Gasteiger partial charge in [0, 0.05) is 12.8 Å². The fourth-order valence-corrected chi connectivity index (χ4v) is 7.36. The number of carbonyl (C=O) groups excluding carboxylic acids is 2. The van der Waals surface area contributed by atoms with E-state index in [1.54, 1.807) is 6.08 Å². The highest BCUT2D eigenvalue weighted by Crippen LogP contribution is 2.47. The lowest BCUT2D eigenvalue weighted by atomic mass is 9.85. The molecule has 356 valence electrons. The standard InChI is InChI=1S/C47H79O14P/c1-3-5-7-8-9-10-11-12-13-14-15-16-17-20-23-26-30-34-40(49)58-36-39(37-59-62(56,57)61-47-45(54)43(52)42(51)44(53)46(47)55)60-41(50)35-31-27-24-21-18-19-22-25-29-33-38(48)32-28-6-4-2/h6,9-10,12-13,15-16,22,25,28-29,33,38-39,42-48,51-55H,3-5,7-8,11,14,17-21,23-24,26-27,30-32,34-37H2,1-2H3,(H,56,57)/b10-9-,13-12-,16-15-,25-22+,28-6+,33-29+/t38?,39-,42?,43-,44+,45-,46-,47?/m1/s1. The monoisotopic (exact) mass is 899 g/mol. The predicted octanol–water partition coefficient (Wildman–Crippen LogP) is 7.69. The van der Waals surface area contributed by atoms with Crippen molar-refractivity contribution in [3.63, 3.8) is 0 Å². The molecule has 0 saturated heterocycles. The average molecular weight is 899 g/mol. The molecule has 62 heavy (non-hydrogen) atoms. The third-order valence-corrected chi connectivity index (χ3v) is 11.1. The van der Waals surface area contributed by atoms with Crippen molar-refractivity contribution >= 4 is 19.8 Å². The number of aliphatic hydroxyl groups is 6. The summed E-state index contributed by atoms with van der Waals surface area (Å²) in [5.41, 5.74) is 0. The zero-order chi connectivity index (χ0) is 45.9. The maximum absolute atomic E-state index is 12.8. The first-order valence-electron chi connectivity index (χ1n) is 22.8. The smallest absolute Gasteiger partial charge is 0.462 e. The van der Waals surface area contributed by atoms with Gasteiger partial charge in [0.25, 0.3) is 0 Å². The van der Waals surface area contributed by atoms with Gasteiger partial charge in [-0.2, -0.15) is 0 Å². The van der Waals surface area contributed by atoms with Gasteiger partial charge in [-0.25, -0.2) is 4.57 Å². The number of ether oxygens (including phenoxy) is 2. The third kappa shape index (κ3) is 28.8. The largest absolute Gasteiger partial charge is 0.472 e. The highest BCUT2D eigenvalue weighted by molar-refractivity contribution is 7.47. The maximum Gasteiger partial charge on any atom is 0.472 e. The van der Waals surface area contributed by atoms with Crippen LogP contribution < -0.4 is 0 Å². The first-order valence-corrected chi connectivity index (χ1v) is 24.3. The molecule has 0 spiro atoms. The first-order chi connectivity index (χ1) is 29.8. The second kappa shape index (κ2) is 36.6. The predicted molar refractivity (Wildman–Crippen MR) is 241 cm³/mol. The van der Waals surface area contributed by atoms with Gasteiger partial charge in [0.2, 0.25) is 0 Å². The SMILES string of the molecule is CC/C=C/CC(O)/C=C/C=C/CCCCCCCC(=O)O[C@H](COC(=O)CCCCCC/C=C\C/C=C\C/C=C\CCCCC)COP(=O)(O)OC1[C@H](O)[C@H](O)C(O)[C@H](O)[C@H]1O. The lowest BCUT2D eigenvalue weighted by Gasteiger charge is -2.41. The maximum atomic E-state index is 12.8. The van der Waals surface area contributed by atoms with Crippen LogP contribution in [0.1, 0.15) is 149 Å². The van der Waals surface area contributed by atoms with Crippen LogP contribution in [0, 0.1) is 0 Å². The number of rotatable bonds is 36. The number of esters is 2. The number of unbranched alkanes of at least 4 members (excludes halogenated alkanes) is 12. The number of phosphoric acid groups is 1. The summed E-state index contributed by atoms with van der Waals surface area (Å²) in [6, 6.07) is 0. The minimum absolute atomic E-state index is 0.0412. The van der Waals surface area contributed by atoms with E-state index in [0.717, 1.165) is 83.5 Å². The number of aliphatic hydroxyl groups excluding tert-OH is 6. The molecule has 1 fully saturated rings. The molecule has 0 aromatic rings. The van der Waals surface area contributed by atoms with Crippen molar-refractivity contribution in [3.05, 3.63) is 72.9 Å². The van der Waals surface area contributed by atoms with Crippen molar-refractivity contribution in [2.24, 2.45) is 0 Å². The van der Waals surface area contributed by atoms with Crippen LogP contribution in [0.3, 0.4) is 0 Å². The summed E-state index contributed by atoms with van der Waals surface area (Å²) in [4.78, 5) is 35.7. The molecule has 0 aromatic heterocycles. The topological polar surface area (TPSA) is 230 Å². The van der Waals surface area contributed by atoms with Gasteiger partial charge in [0.1, 0.15) is 43.2 Å². The van der Waals surface area contributed by atoms with Crippen molar-refractivity contribution in [1.82, 2.24) is 0 Å². The summed E-state index contributed by atoms with van der Waals surface area (Å²) in [6.45, 7) is 3.01. The molecule has 1 aliphatic carbocycles. The Morgan fingerprint density at radius 1 is 0.597 bits per heavy atom. The van der Waals surface area contributed by atoms with Crippen molar-refractivity contribution in [3.8, 4) is 0 Å².